The molecule has 0 aliphatic carbocycles. The molecule has 1 aliphatic heterocycles. The van der Waals surface area contributed by atoms with Gasteiger partial charge in [-0.25, -0.2) is 12.8 Å². The molecule has 0 N–H and O–H groups in total. The molecule has 0 bridgehead atoms. The van der Waals surface area contributed by atoms with Crippen molar-refractivity contribution in [2.45, 2.75) is 6.42 Å². The lowest BCUT2D eigenvalue weighted by atomic mass is 10.2. The Morgan fingerprint density at radius 2 is 1.94 bits per heavy atom. The predicted molar refractivity (Wildman–Crippen MR) is 67.3 cm³/mol. The van der Waals surface area contributed by atoms with Crippen molar-refractivity contribution < 1.29 is 17.6 Å². The third-order valence-corrected chi connectivity index (χ3v) is 4.68. The number of hydrogen-bond acceptors (Lipinski definition) is 4. The second-order valence-electron chi connectivity index (χ2n) is 4.35. The lowest BCUT2D eigenvalue weighted by molar-refractivity contribution is 0.112. The van der Waals surface area contributed by atoms with Gasteiger partial charge in [0.15, 0.2) is 9.84 Å². The van der Waals surface area contributed by atoms with Crippen molar-refractivity contribution in [3.63, 3.8) is 0 Å². The Morgan fingerprint density at radius 1 is 1.17 bits per heavy atom. The first-order chi connectivity index (χ1) is 8.50. The van der Waals surface area contributed by atoms with E-state index in [-0.39, 0.29) is 17.1 Å². The van der Waals surface area contributed by atoms with Gasteiger partial charge in [-0.2, -0.15) is 0 Å². The molecule has 98 valence electrons. The van der Waals surface area contributed by atoms with E-state index in [2.05, 4.69) is 0 Å². The highest BCUT2D eigenvalue weighted by molar-refractivity contribution is 7.91. The van der Waals surface area contributed by atoms with E-state index in [4.69, 9.17) is 0 Å². The van der Waals surface area contributed by atoms with Gasteiger partial charge in [0.05, 0.1) is 11.5 Å². The molecule has 1 aromatic rings. The number of halogens is 1. The van der Waals surface area contributed by atoms with Gasteiger partial charge in [0.25, 0.3) is 0 Å². The summed E-state index contributed by atoms with van der Waals surface area (Å²) in [7, 11) is -2.99. The van der Waals surface area contributed by atoms with Crippen LogP contribution < -0.4 is 4.90 Å². The van der Waals surface area contributed by atoms with Crippen molar-refractivity contribution in [1.82, 2.24) is 0 Å². The number of sulfone groups is 1. The average Bonchev–Trinajstić information content (AvgIpc) is 2.49. The molecule has 1 aromatic carbocycles. The van der Waals surface area contributed by atoms with Crippen LogP contribution in [0, 0.1) is 5.82 Å². The van der Waals surface area contributed by atoms with Crippen molar-refractivity contribution in [3.8, 4) is 0 Å². The fourth-order valence-corrected chi connectivity index (χ4v) is 3.32. The van der Waals surface area contributed by atoms with Gasteiger partial charge in [-0.05, 0) is 24.6 Å². The molecule has 2 rings (SSSR count). The molecule has 4 nitrogen and oxygen atoms in total. The van der Waals surface area contributed by atoms with Crippen molar-refractivity contribution in [1.29, 1.82) is 0 Å². The minimum Gasteiger partial charge on any atom is -0.370 e. The lowest BCUT2D eigenvalue weighted by Crippen LogP contribution is -2.26. The molecular weight excluding hydrogens is 257 g/mol. The number of benzene rings is 1. The first-order valence-electron chi connectivity index (χ1n) is 5.71. The number of hydrogen-bond donors (Lipinski definition) is 0. The van der Waals surface area contributed by atoms with Crippen LogP contribution in [0.2, 0.25) is 0 Å². The molecule has 0 amide bonds. The van der Waals surface area contributed by atoms with Crippen LogP contribution in [0.3, 0.4) is 0 Å². The third-order valence-electron chi connectivity index (χ3n) is 2.96. The lowest BCUT2D eigenvalue weighted by Gasteiger charge is -2.22. The molecule has 0 radical (unpaired) electrons. The average molecular weight is 271 g/mol. The topological polar surface area (TPSA) is 54.5 Å². The normalized spacial score (nSPS) is 19.3. The van der Waals surface area contributed by atoms with Crippen molar-refractivity contribution in [2.75, 3.05) is 29.5 Å². The molecular formula is C12H14FNO3S. The van der Waals surface area contributed by atoms with E-state index in [9.17, 15) is 17.6 Å². The van der Waals surface area contributed by atoms with Gasteiger partial charge in [-0.3, -0.25) is 4.79 Å². The SMILES string of the molecule is O=Cc1cc(F)cc(N2CCCS(=O)(=O)CC2)c1. The predicted octanol–water partition coefficient (Wildman–Crippen LogP) is 1.26. The molecule has 0 aromatic heterocycles. The van der Waals surface area contributed by atoms with Crippen LogP contribution >= 0.6 is 0 Å². The molecule has 6 heteroatoms. The summed E-state index contributed by atoms with van der Waals surface area (Å²) in [4.78, 5) is 12.5. The summed E-state index contributed by atoms with van der Waals surface area (Å²) in [5.74, 6) is -0.249. The second-order valence-corrected chi connectivity index (χ2v) is 6.66. The first kappa shape index (κ1) is 13.0. The number of carbonyl (C=O) groups excluding carboxylic acids is 1. The summed E-state index contributed by atoms with van der Waals surface area (Å²) in [5, 5.41) is 0. The van der Waals surface area contributed by atoms with E-state index in [0.29, 0.717) is 31.5 Å². The molecule has 18 heavy (non-hydrogen) atoms. The number of carbonyl (C=O) groups is 1. The number of anilines is 1. The van der Waals surface area contributed by atoms with E-state index >= 15 is 0 Å². The smallest absolute Gasteiger partial charge is 0.152 e. The number of rotatable bonds is 2. The Bertz CT molecular complexity index is 556. The van der Waals surface area contributed by atoms with Crippen LogP contribution in [0.15, 0.2) is 18.2 Å². The van der Waals surface area contributed by atoms with Gasteiger partial charge >= 0.3 is 0 Å². The third kappa shape index (κ3) is 3.07. The summed E-state index contributed by atoms with van der Waals surface area (Å²) in [6.45, 7) is 0.894. The first-order valence-corrected chi connectivity index (χ1v) is 7.53. The van der Waals surface area contributed by atoms with Gasteiger partial charge < -0.3 is 4.90 Å². The molecule has 0 spiro atoms. The Morgan fingerprint density at radius 3 is 2.67 bits per heavy atom. The van der Waals surface area contributed by atoms with Crippen LogP contribution in [0.25, 0.3) is 0 Å². The van der Waals surface area contributed by atoms with Crippen LogP contribution in [0.4, 0.5) is 10.1 Å². The monoisotopic (exact) mass is 271 g/mol. The van der Waals surface area contributed by atoms with Gasteiger partial charge in [0.2, 0.25) is 0 Å². The Kier molecular flexibility index (Phi) is 3.65. The summed E-state index contributed by atoms with van der Waals surface area (Å²) in [6, 6.07) is 4.06. The summed E-state index contributed by atoms with van der Waals surface area (Å²) in [6.07, 6.45) is 1.11. The second kappa shape index (κ2) is 5.06. The van der Waals surface area contributed by atoms with Gasteiger partial charge in [-0.15, -0.1) is 0 Å². The van der Waals surface area contributed by atoms with Crippen LogP contribution in [0.1, 0.15) is 16.8 Å². The molecule has 0 saturated carbocycles. The van der Waals surface area contributed by atoms with Crippen LogP contribution in [-0.2, 0) is 9.84 Å². The molecule has 1 aliphatic rings. The largest absolute Gasteiger partial charge is 0.370 e. The zero-order valence-corrected chi connectivity index (χ0v) is 10.6. The fraction of sp³-hybridized carbons (Fsp3) is 0.417. The van der Waals surface area contributed by atoms with Gasteiger partial charge in [-0.1, -0.05) is 0 Å². The number of aldehydes is 1. The van der Waals surface area contributed by atoms with Gasteiger partial charge in [0.1, 0.15) is 12.1 Å². The van der Waals surface area contributed by atoms with E-state index in [0.717, 1.165) is 6.07 Å². The van der Waals surface area contributed by atoms with E-state index < -0.39 is 15.7 Å². The summed E-state index contributed by atoms with van der Waals surface area (Å²) >= 11 is 0. The highest BCUT2D eigenvalue weighted by Gasteiger charge is 2.19. The fourth-order valence-electron chi connectivity index (χ4n) is 2.04. The Hall–Kier alpha value is -1.43. The summed E-state index contributed by atoms with van der Waals surface area (Å²) < 4.78 is 36.3. The minimum atomic E-state index is -2.99. The maximum absolute atomic E-state index is 13.3. The zero-order valence-electron chi connectivity index (χ0n) is 9.80. The van der Waals surface area contributed by atoms with Crippen LogP contribution in [-0.4, -0.2) is 39.3 Å². The van der Waals surface area contributed by atoms with Crippen molar-refractivity contribution in [3.05, 3.63) is 29.6 Å². The molecule has 0 atom stereocenters. The molecule has 1 heterocycles. The molecule has 0 unspecified atom stereocenters. The molecule has 1 fully saturated rings. The van der Waals surface area contributed by atoms with E-state index in [1.807, 2.05) is 0 Å². The molecule has 1 saturated heterocycles. The zero-order chi connectivity index (χ0) is 13.2. The van der Waals surface area contributed by atoms with Crippen molar-refractivity contribution in [2.24, 2.45) is 0 Å². The minimum absolute atomic E-state index is 0.0694. The summed E-state index contributed by atoms with van der Waals surface area (Å²) in [5.41, 5.74) is 0.825. The van der Waals surface area contributed by atoms with E-state index in [1.165, 1.54) is 6.07 Å². The number of nitrogens with zero attached hydrogens (tertiary/aromatic N) is 1. The highest BCUT2D eigenvalue weighted by Crippen LogP contribution is 2.20. The maximum Gasteiger partial charge on any atom is 0.152 e. The Balaban J connectivity index is 2.26. The Labute approximate surface area is 105 Å². The highest BCUT2D eigenvalue weighted by atomic mass is 32.2. The van der Waals surface area contributed by atoms with Crippen LogP contribution in [0.5, 0.6) is 0 Å². The quantitative estimate of drug-likeness (QED) is 0.760. The van der Waals surface area contributed by atoms with Gasteiger partial charge in [0, 0.05) is 24.3 Å². The standard InChI is InChI=1S/C12H14FNO3S/c13-11-6-10(9-15)7-12(8-11)14-2-1-4-18(16,17)5-3-14/h6-9H,1-5H2. The maximum atomic E-state index is 13.3. The van der Waals surface area contributed by atoms with Crippen molar-refractivity contribution >= 4 is 21.8 Å². The van der Waals surface area contributed by atoms with E-state index in [1.54, 1.807) is 11.0 Å².